The fourth-order valence-corrected chi connectivity index (χ4v) is 3.05. The van der Waals surface area contributed by atoms with Crippen LogP contribution in [0.3, 0.4) is 0 Å². The molecule has 1 atom stereocenters. The summed E-state index contributed by atoms with van der Waals surface area (Å²) < 4.78 is 10.9. The molecule has 0 N–H and O–H groups in total. The molecule has 0 amide bonds. The average Bonchev–Trinajstić information content (AvgIpc) is 3.28. The number of thiazole rings is 1. The van der Waals surface area contributed by atoms with Crippen molar-refractivity contribution in [1.29, 1.82) is 5.26 Å². The molecule has 24 heavy (non-hydrogen) atoms. The fraction of sp³-hybridized carbons (Fsp3) is 0.389. The van der Waals surface area contributed by atoms with Crippen LogP contribution in [0.5, 0.6) is 5.75 Å². The number of rotatable bonds is 6. The van der Waals surface area contributed by atoms with Crippen molar-refractivity contribution in [2.24, 2.45) is 5.92 Å². The van der Waals surface area contributed by atoms with Gasteiger partial charge in [-0.1, -0.05) is 0 Å². The Hall–Kier alpha value is -2.39. The second-order valence-corrected chi connectivity index (χ2v) is 6.88. The third-order valence-corrected chi connectivity index (χ3v) is 4.49. The lowest BCUT2D eigenvalue weighted by atomic mass is 10.2. The molecule has 1 saturated carbocycles. The first-order chi connectivity index (χ1) is 11.6. The molecule has 1 fully saturated rings. The number of hydrogen-bond acceptors (Lipinski definition) is 6. The number of ether oxygens (including phenoxy) is 2. The first-order valence-corrected chi connectivity index (χ1v) is 8.78. The van der Waals surface area contributed by atoms with Gasteiger partial charge in [0.05, 0.1) is 6.10 Å². The molecule has 1 heterocycles. The predicted octanol–water partition coefficient (Wildman–Crippen LogP) is 4.06. The van der Waals surface area contributed by atoms with Crippen LogP contribution in [0.1, 0.15) is 37.2 Å². The Morgan fingerprint density at radius 1 is 1.33 bits per heavy atom. The van der Waals surface area contributed by atoms with E-state index in [4.69, 9.17) is 14.7 Å². The molecule has 1 aliphatic rings. The molecule has 1 unspecified atom stereocenters. The van der Waals surface area contributed by atoms with E-state index < -0.39 is 12.1 Å². The highest BCUT2D eigenvalue weighted by Crippen LogP contribution is 2.34. The first kappa shape index (κ1) is 16.5. The van der Waals surface area contributed by atoms with Crippen molar-refractivity contribution in [2.45, 2.75) is 38.9 Å². The van der Waals surface area contributed by atoms with Gasteiger partial charge in [-0.3, -0.25) is 0 Å². The Balaban J connectivity index is 1.68. The van der Waals surface area contributed by atoms with E-state index in [9.17, 15) is 4.79 Å². The largest absolute Gasteiger partial charge is 0.491 e. The molecule has 1 aromatic heterocycles. The van der Waals surface area contributed by atoms with E-state index >= 15 is 0 Å². The summed E-state index contributed by atoms with van der Waals surface area (Å²) in [5, 5.41) is 11.4. The summed E-state index contributed by atoms with van der Waals surface area (Å²) in [6, 6.07) is 9.63. The number of aromatic nitrogens is 1. The average molecular weight is 342 g/mol. The molecular weight excluding hydrogens is 324 g/mol. The number of hydrogen-bond donors (Lipinski definition) is 0. The van der Waals surface area contributed by atoms with Crippen LogP contribution in [-0.4, -0.2) is 23.2 Å². The van der Waals surface area contributed by atoms with E-state index in [-0.39, 0.29) is 17.7 Å². The Bertz CT molecular complexity index is 757. The zero-order valence-corrected chi connectivity index (χ0v) is 14.4. The van der Waals surface area contributed by atoms with Crippen LogP contribution in [-0.2, 0) is 4.74 Å². The van der Waals surface area contributed by atoms with E-state index in [1.165, 1.54) is 11.3 Å². The summed E-state index contributed by atoms with van der Waals surface area (Å²) in [5.41, 5.74) is 1.16. The zero-order chi connectivity index (χ0) is 17.1. The first-order valence-electron chi connectivity index (χ1n) is 7.90. The number of nitrogens with zero attached hydrogens (tertiary/aromatic N) is 2. The minimum Gasteiger partial charge on any atom is -0.491 e. The van der Waals surface area contributed by atoms with Crippen LogP contribution in [0, 0.1) is 17.2 Å². The summed E-state index contributed by atoms with van der Waals surface area (Å²) >= 11 is 1.37. The van der Waals surface area contributed by atoms with E-state index in [1.807, 2.05) is 44.2 Å². The van der Waals surface area contributed by atoms with Crippen LogP contribution < -0.4 is 4.74 Å². The van der Waals surface area contributed by atoms with Crippen molar-refractivity contribution < 1.29 is 14.3 Å². The number of nitriles is 1. The molecule has 0 aliphatic heterocycles. The van der Waals surface area contributed by atoms with Crippen molar-refractivity contribution >= 4 is 17.3 Å². The van der Waals surface area contributed by atoms with Gasteiger partial charge in [-0.15, -0.1) is 11.3 Å². The normalized spacial score (nSPS) is 14.9. The predicted molar refractivity (Wildman–Crippen MR) is 90.9 cm³/mol. The maximum Gasteiger partial charge on any atom is 0.359 e. The van der Waals surface area contributed by atoms with Gasteiger partial charge in [0.2, 0.25) is 0 Å². The third-order valence-electron chi connectivity index (χ3n) is 3.60. The standard InChI is InChI=1S/C18H18N2O3S/c1-11(2)22-14-7-5-13(6-8-14)17-20-15(10-24-17)18(21)23-16(9-19)12-3-4-12/h5-8,10-12,16H,3-4H2,1-2H3. The minimum absolute atomic E-state index is 0.122. The quantitative estimate of drug-likeness (QED) is 0.740. The molecule has 5 nitrogen and oxygen atoms in total. The van der Waals surface area contributed by atoms with Crippen LogP contribution in [0.4, 0.5) is 0 Å². The molecule has 0 saturated heterocycles. The minimum atomic E-state index is -0.657. The number of benzene rings is 1. The Kier molecular flexibility index (Phi) is 4.81. The molecule has 0 spiro atoms. The molecular formula is C18H18N2O3S. The smallest absolute Gasteiger partial charge is 0.359 e. The summed E-state index contributed by atoms with van der Waals surface area (Å²) in [6.45, 7) is 3.95. The van der Waals surface area contributed by atoms with Gasteiger partial charge in [-0.2, -0.15) is 5.26 Å². The van der Waals surface area contributed by atoms with Crippen LogP contribution in [0.2, 0.25) is 0 Å². The Labute approximate surface area is 144 Å². The van der Waals surface area contributed by atoms with Gasteiger partial charge in [0, 0.05) is 16.9 Å². The van der Waals surface area contributed by atoms with Crippen molar-refractivity contribution in [3.8, 4) is 22.4 Å². The van der Waals surface area contributed by atoms with Gasteiger partial charge in [0.25, 0.3) is 0 Å². The molecule has 2 aromatic rings. The molecule has 3 rings (SSSR count). The topological polar surface area (TPSA) is 72.2 Å². The zero-order valence-electron chi connectivity index (χ0n) is 13.6. The molecule has 1 aromatic carbocycles. The van der Waals surface area contributed by atoms with Gasteiger partial charge in [0.1, 0.15) is 16.8 Å². The highest BCUT2D eigenvalue weighted by atomic mass is 32.1. The van der Waals surface area contributed by atoms with Gasteiger partial charge < -0.3 is 9.47 Å². The molecule has 1 aliphatic carbocycles. The van der Waals surface area contributed by atoms with E-state index in [1.54, 1.807) is 5.38 Å². The van der Waals surface area contributed by atoms with Crippen molar-refractivity contribution in [2.75, 3.05) is 0 Å². The van der Waals surface area contributed by atoms with Crippen molar-refractivity contribution in [1.82, 2.24) is 4.98 Å². The number of esters is 1. The maximum atomic E-state index is 12.1. The lowest BCUT2D eigenvalue weighted by molar-refractivity contribution is 0.0364. The number of carbonyl (C=O) groups is 1. The summed E-state index contributed by atoms with van der Waals surface area (Å²) in [5.74, 6) is 0.451. The summed E-state index contributed by atoms with van der Waals surface area (Å²) in [4.78, 5) is 16.4. The van der Waals surface area contributed by atoms with Crippen LogP contribution in [0.15, 0.2) is 29.6 Å². The molecule has 124 valence electrons. The van der Waals surface area contributed by atoms with Gasteiger partial charge in [0.15, 0.2) is 11.8 Å². The van der Waals surface area contributed by atoms with Gasteiger partial charge >= 0.3 is 5.97 Å². The Morgan fingerprint density at radius 3 is 2.62 bits per heavy atom. The second-order valence-electron chi connectivity index (χ2n) is 6.02. The highest BCUT2D eigenvalue weighted by Gasteiger charge is 2.34. The molecule has 0 radical (unpaired) electrons. The monoisotopic (exact) mass is 342 g/mol. The maximum absolute atomic E-state index is 12.1. The van der Waals surface area contributed by atoms with E-state index in [2.05, 4.69) is 4.98 Å². The van der Waals surface area contributed by atoms with E-state index in [0.717, 1.165) is 29.2 Å². The SMILES string of the molecule is CC(C)Oc1ccc(-c2nc(C(=O)OC(C#N)C3CC3)cs2)cc1. The fourth-order valence-electron chi connectivity index (χ4n) is 2.25. The van der Waals surface area contributed by atoms with Crippen LogP contribution in [0.25, 0.3) is 10.6 Å². The lowest BCUT2D eigenvalue weighted by Crippen LogP contribution is -2.18. The third kappa shape index (κ3) is 3.92. The second kappa shape index (κ2) is 7.02. The number of carbonyl (C=O) groups excluding carboxylic acids is 1. The van der Waals surface area contributed by atoms with Gasteiger partial charge in [-0.05, 0) is 51.0 Å². The summed E-state index contributed by atoms with van der Waals surface area (Å²) in [6.07, 6.45) is 1.35. The Morgan fingerprint density at radius 2 is 2.04 bits per heavy atom. The lowest BCUT2D eigenvalue weighted by Gasteiger charge is -2.09. The molecule has 6 heteroatoms. The molecule has 0 bridgehead atoms. The highest BCUT2D eigenvalue weighted by molar-refractivity contribution is 7.13. The van der Waals surface area contributed by atoms with Gasteiger partial charge in [-0.25, -0.2) is 9.78 Å². The van der Waals surface area contributed by atoms with Crippen molar-refractivity contribution in [3.63, 3.8) is 0 Å². The summed E-state index contributed by atoms with van der Waals surface area (Å²) in [7, 11) is 0. The van der Waals surface area contributed by atoms with Crippen molar-refractivity contribution in [3.05, 3.63) is 35.3 Å². The van der Waals surface area contributed by atoms with E-state index in [0.29, 0.717) is 0 Å². The van der Waals surface area contributed by atoms with Crippen LogP contribution >= 0.6 is 11.3 Å².